The maximum absolute atomic E-state index is 11.8. The zero-order chi connectivity index (χ0) is 13.7. The van der Waals surface area contributed by atoms with Crippen LogP contribution in [0.15, 0.2) is 12.5 Å². The molecule has 106 valence electrons. The van der Waals surface area contributed by atoms with E-state index >= 15 is 0 Å². The molecule has 2 heterocycles. The molecule has 0 N–H and O–H groups in total. The number of aromatic nitrogens is 2. The van der Waals surface area contributed by atoms with Gasteiger partial charge in [0.05, 0.1) is 31.1 Å². The van der Waals surface area contributed by atoms with Crippen LogP contribution < -0.4 is 0 Å². The lowest BCUT2D eigenvalue weighted by molar-refractivity contribution is -0.144. The summed E-state index contributed by atoms with van der Waals surface area (Å²) >= 11 is 0. The highest BCUT2D eigenvalue weighted by molar-refractivity contribution is 5.70. The van der Waals surface area contributed by atoms with Crippen molar-refractivity contribution < 1.29 is 9.53 Å². The van der Waals surface area contributed by atoms with E-state index in [2.05, 4.69) is 9.88 Å². The fraction of sp³-hybridized carbons (Fsp3) is 0.714. The van der Waals surface area contributed by atoms with Crippen LogP contribution in [0, 0.1) is 0 Å². The molecule has 1 unspecified atom stereocenters. The van der Waals surface area contributed by atoms with Gasteiger partial charge >= 0.3 is 5.97 Å². The Bertz CT molecular complexity index is 411. The summed E-state index contributed by atoms with van der Waals surface area (Å²) in [4.78, 5) is 18.4. The van der Waals surface area contributed by atoms with Crippen molar-refractivity contribution in [2.45, 2.75) is 38.6 Å². The second kappa shape index (κ2) is 6.70. The molecule has 1 aliphatic heterocycles. The van der Waals surface area contributed by atoms with E-state index in [-0.39, 0.29) is 12.0 Å². The first-order valence-corrected chi connectivity index (χ1v) is 7.08. The molecule has 2 rings (SSSR count). The molecule has 0 saturated carbocycles. The lowest BCUT2D eigenvalue weighted by Crippen LogP contribution is -2.36. The summed E-state index contributed by atoms with van der Waals surface area (Å²) in [7, 11) is 1.98. The molecular formula is C14H23N3O2. The van der Waals surface area contributed by atoms with Crippen LogP contribution in [0.1, 0.15) is 44.3 Å². The smallest absolute Gasteiger partial charge is 0.307 e. The number of carbonyl (C=O) groups is 1. The van der Waals surface area contributed by atoms with E-state index in [1.165, 1.54) is 19.3 Å². The summed E-state index contributed by atoms with van der Waals surface area (Å²) in [6.45, 7) is 4.39. The molecule has 1 aromatic rings. The van der Waals surface area contributed by atoms with Crippen molar-refractivity contribution in [1.29, 1.82) is 0 Å². The molecule has 5 nitrogen and oxygen atoms in total. The molecule has 0 aromatic carbocycles. The number of likely N-dealkylation sites (tertiary alicyclic amines) is 1. The molecule has 19 heavy (non-hydrogen) atoms. The first-order chi connectivity index (χ1) is 9.22. The van der Waals surface area contributed by atoms with Gasteiger partial charge < -0.3 is 9.30 Å². The highest BCUT2D eigenvalue weighted by atomic mass is 16.5. The van der Waals surface area contributed by atoms with Crippen LogP contribution in [0.4, 0.5) is 0 Å². The zero-order valence-corrected chi connectivity index (χ0v) is 11.8. The highest BCUT2D eigenvalue weighted by Gasteiger charge is 2.27. The molecule has 0 bridgehead atoms. The molecule has 1 atom stereocenters. The maximum atomic E-state index is 11.8. The van der Waals surface area contributed by atoms with Crippen molar-refractivity contribution in [2.75, 3.05) is 19.7 Å². The Morgan fingerprint density at radius 1 is 1.42 bits per heavy atom. The Kier molecular flexibility index (Phi) is 4.96. The van der Waals surface area contributed by atoms with Gasteiger partial charge in [-0.25, -0.2) is 4.98 Å². The monoisotopic (exact) mass is 265 g/mol. The number of piperidine rings is 1. The van der Waals surface area contributed by atoms with Crippen molar-refractivity contribution in [3.05, 3.63) is 18.2 Å². The predicted octanol–water partition coefficient (Wildman–Crippen LogP) is 1.90. The van der Waals surface area contributed by atoms with Gasteiger partial charge in [-0.15, -0.1) is 0 Å². The number of hydrogen-bond acceptors (Lipinski definition) is 4. The van der Waals surface area contributed by atoms with Gasteiger partial charge in [0.2, 0.25) is 0 Å². The van der Waals surface area contributed by atoms with Crippen LogP contribution in [-0.2, 0) is 16.6 Å². The first-order valence-electron chi connectivity index (χ1n) is 7.08. The molecule has 1 saturated heterocycles. The summed E-state index contributed by atoms with van der Waals surface area (Å²) in [5.41, 5.74) is 1.09. The summed E-state index contributed by atoms with van der Waals surface area (Å²) in [5, 5.41) is 0. The van der Waals surface area contributed by atoms with Crippen LogP contribution in [0.3, 0.4) is 0 Å². The van der Waals surface area contributed by atoms with E-state index in [9.17, 15) is 4.79 Å². The van der Waals surface area contributed by atoms with Crippen molar-refractivity contribution in [1.82, 2.24) is 14.5 Å². The molecule has 0 spiro atoms. The number of ether oxygens (including phenoxy) is 1. The molecule has 5 heteroatoms. The van der Waals surface area contributed by atoms with E-state index in [0.29, 0.717) is 13.0 Å². The number of imidazole rings is 1. The minimum Gasteiger partial charge on any atom is -0.466 e. The maximum Gasteiger partial charge on any atom is 0.307 e. The second-order valence-electron chi connectivity index (χ2n) is 5.05. The van der Waals surface area contributed by atoms with Gasteiger partial charge in [0, 0.05) is 13.2 Å². The van der Waals surface area contributed by atoms with Gasteiger partial charge in [-0.05, 0) is 32.9 Å². The number of esters is 1. The summed E-state index contributed by atoms with van der Waals surface area (Å²) in [6, 6.07) is 0.0897. The SMILES string of the molecule is CCOC(=O)CC(c1cncn1C)N1CCCCC1. The normalized spacial score (nSPS) is 18.2. The van der Waals surface area contributed by atoms with E-state index < -0.39 is 0 Å². The molecule has 0 aliphatic carbocycles. The molecule has 0 radical (unpaired) electrons. The van der Waals surface area contributed by atoms with Crippen LogP contribution in [-0.4, -0.2) is 40.1 Å². The first kappa shape index (κ1) is 14.1. The van der Waals surface area contributed by atoms with Gasteiger partial charge in [-0.1, -0.05) is 6.42 Å². The average molecular weight is 265 g/mol. The largest absolute Gasteiger partial charge is 0.466 e. The molecule has 1 aromatic heterocycles. The Balaban J connectivity index is 2.12. The van der Waals surface area contributed by atoms with E-state index in [4.69, 9.17) is 4.74 Å². The van der Waals surface area contributed by atoms with Crippen LogP contribution in [0.25, 0.3) is 0 Å². The molecular weight excluding hydrogens is 242 g/mol. The minimum absolute atomic E-state index is 0.0897. The predicted molar refractivity (Wildman–Crippen MR) is 72.6 cm³/mol. The fourth-order valence-electron chi connectivity index (χ4n) is 2.72. The third kappa shape index (κ3) is 3.56. The van der Waals surface area contributed by atoms with Crippen molar-refractivity contribution in [3.63, 3.8) is 0 Å². The zero-order valence-electron chi connectivity index (χ0n) is 11.8. The topological polar surface area (TPSA) is 47.4 Å². The average Bonchev–Trinajstić information content (AvgIpc) is 2.83. The second-order valence-corrected chi connectivity index (χ2v) is 5.05. The Labute approximate surface area is 114 Å². The fourth-order valence-corrected chi connectivity index (χ4v) is 2.72. The minimum atomic E-state index is -0.126. The Morgan fingerprint density at radius 2 is 2.16 bits per heavy atom. The van der Waals surface area contributed by atoms with Crippen molar-refractivity contribution >= 4 is 5.97 Å². The summed E-state index contributed by atoms with van der Waals surface area (Å²) in [6.07, 6.45) is 7.76. The van der Waals surface area contributed by atoms with Gasteiger partial charge in [0.25, 0.3) is 0 Å². The number of carbonyl (C=O) groups excluding carboxylic acids is 1. The third-order valence-corrected chi connectivity index (χ3v) is 3.69. The number of hydrogen-bond donors (Lipinski definition) is 0. The molecule has 1 aliphatic rings. The van der Waals surface area contributed by atoms with Gasteiger partial charge in [-0.3, -0.25) is 9.69 Å². The highest BCUT2D eigenvalue weighted by Crippen LogP contribution is 2.27. The Morgan fingerprint density at radius 3 is 2.74 bits per heavy atom. The standard InChI is InChI=1S/C14H23N3O2/c1-3-19-14(18)9-12(13-10-15-11-16(13)2)17-7-5-4-6-8-17/h10-12H,3-9H2,1-2H3. The van der Waals surface area contributed by atoms with Crippen molar-refractivity contribution in [3.8, 4) is 0 Å². The van der Waals surface area contributed by atoms with Gasteiger partial charge in [0.15, 0.2) is 0 Å². The van der Waals surface area contributed by atoms with Crippen LogP contribution in [0.2, 0.25) is 0 Å². The quantitative estimate of drug-likeness (QED) is 0.763. The third-order valence-electron chi connectivity index (χ3n) is 3.69. The number of nitrogens with zero attached hydrogens (tertiary/aromatic N) is 3. The summed E-state index contributed by atoms with van der Waals surface area (Å²) < 4.78 is 7.10. The van der Waals surface area contributed by atoms with E-state index in [1.54, 1.807) is 6.33 Å². The van der Waals surface area contributed by atoms with Crippen LogP contribution in [0.5, 0.6) is 0 Å². The molecule has 1 fully saturated rings. The van der Waals surface area contributed by atoms with Gasteiger partial charge in [-0.2, -0.15) is 0 Å². The number of aryl methyl sites for hydroxylation is 1. The lowest BCUT2D eigenvalue weighted by atomic mass is 10.0. The van der Waals surface area contributed by atoms with Gasteiger partial charge in [0.1, 0.15) is 0 Å². The summed E-state index contributed by atoms with van der Waals surface area (Å²) in [5.74, 6) is -0.126. The lowest BCUT2D eigenvalue weighted by Gasteiger charge is -2.34. The van der Waals surface area contributed by atoms with E-state index in [1.807, 2.05) is 24.7 Å². The number of rotatable bonds is 5. The molecule has 0 amide bonds. The van der Waals surface area contributed by atoms with E-state index in [0.717, 1.165) is 18.8 Å². The Hall–Kier alpha value is -1.36. The van der Waals surface area contributed by atoms with Crippen LogP contribution >= 0.6 is 0 Å². The van der Waals surface area contributed by atoms with Crippen molar-refractivity contribution in [2.24, 2.45) is 7.05 Å².